The summed E-state index contributed by atoms with van der Waals surface area (Å²) >= 11 is 7.62. The van der Waals surface area contributed by atoms with Gasteiger partial charge in [0.15, 0.2) is 4.80 Å². The van der Waals surface area contributed by atoms with Crippen molar-refractivity contribution in [1.29, 1.82) is 0 Å². The van der Waals surface area contributed by atoms with E-state index in [1.54, 1.807) is 25.6 Å². The molecule has 1 aliphatic rings. The van der Waals surface area contributed by atoms with Crippen LogP contribution in [0.15, 0.2) is 52.8 Å². The van der Waals surface area contributed by atoms with E-state index in [2.05, 4.69) is 9.95 Å². The Balaban J connectivity index is 1.87. The van der Waals surface area contributed by atoms with Crippen LogP contribution in [0.3, 0.4) is 0 Å². The van der Waals surface area contributed by atoms with Crippen molar-refractivity contribution in [2.75, 3.05) is 14.2 Å². The van der Waals surface area contributed by atoms with Gasteiger partial charge in [-0.15, -0.1) is 11.3 Å². The minimum atomic E-state index is 0.484. The normalized spacial score (nSPS) is 14.5. The largest absolute Gasteiger partial charge is 0.497 e. The summed E-state index contributed by atoms with van der Waals surface area (Å²) in [6, 6.07) is 14.0. The van der Waals surface area contributed by atoms with E-state index in [9.17, 15) is 0 Å². The van der Waals surface area contributed by atoms with Crippen LogP contribution in [0.4, 0.5) is 5.69 Å². The molecule has 0 bridgehead atoms. The quantitative estimate of drug-likeness (QED) is 0.584. The molecule has 3 aromatic rings. The molecule has 1 aliphatic carbocycles. The fourth-order valence-corrected chi connectivity index (χ4v) is 4.03. The minimum Gasteiger partial charge on any atom is -0.497 e. The Labute approximate surface area is 161 Å². The maximum Gasteiger partial charge on any atom is 0.190 e. The van der Waals surface area contributed by atoms with Crippen molar-refractivity contribution >= 4 is 28.6 Å². The van der Waals surface area contributed by atoms with Gasteiger partial charge < -0.3 is 14.0 Å². The number of rotatable bonds is 5. The molecule has 4 nitrogen and oxygen atoms in total. The maximum absolute atomic E-state index is 5.98. The zero-order valence-electron chi connectivity index (χ0n) is 14.6. The van der Waals surface area contributed by atoms with E-state index in [1.165, 1.54) is 12.8 Å². The Morgan fingerprint density at radius 3 is 2.50 bits per heavy atom. The van der Waals surface area contributed by atoms with Crippen LogP contribution in [0.25, 0.3) is 11.3 Å². The van der Waals surface area contributed by atoms with Gasteiger partial charge in [0, 0.05) is 22.0 Å². The van der Waals surface area contributed by atoms with Gasteiger partial charge in [0.25, 0.3) is 0 Å². The van der Waals surface area contributed by atoms with Gasteiger partial charge in [-0.05, 0) is 55.3 Å². The van der Waals surface area contributed by atoms with Gasteiger partial charge >= 0.3 is 0 Å². The van der Waals surface area contributed by atoms with Crippen molar-refractivity contribution in [3.63, 3.8) is 0 Å². The topological polar surface area (TPSA) is 35.8 Å². The van der Waals surface area contributed by atoms with Crippen molar-refractivity contribution in [3.05, 3.63) is 57.7 Å². The second kappa shape index (κ2) is 7.17. The van der Waals surface area contributed by atoms with Crippen LogP contribution < -0.4 is 14.3 Å². The van der Waals surface area contributed by atoms with Crippen LogP contribution in [-0.2, 0) is 0 Å². The molecule has 0 spiro atoms. The molecule has 0 aliphatic heterocycles. The highest BCUT2D eigenvalue weighted by atomic mass is 35.5. The first-order chi connectivity index (χ1) is 12.7. The molecule has 1 saturated carbocycles. The summed E-state index contributed by atoms with van der Waals surface area (Å²) in [7, 11) is 3.37. The number of aromatic nitrogens is 1. The van der Waals surface area contributed by atoms with Crippen LogP contribution >= 0.6 is 22.9 Å². The van der Waals surface area contributed by atoms with Crippen molar-refractivity contribution in [2.24, 2.45) is 4.99 Å². The predicted molar refractivity (Wildman–Crippen MR) is 106 cm³/mol. The Kier molecular flexibility index (Phi) is 4.74. The average Bonchev–Trinajstić information content (AvgIpc) is 3.43. The molecule has 2 aromatic carbocycles. The number of hydrogen-bond acceptors (Lipinski definition) is 4. The smallest absolute Gasteiger partial charge is 0.190 e. The minimum absolute atomic E-state index is 0.484. The van der Waals surface area contributed by atoms with Gasteiger partial charge in [0.05, 0.1) is 25.6 Å². The second-order valence-electron chi connectivity index (χ2n) is 6.16. The Bertz CT molecular complexity index is 988. The monoisotopic (exact) mass is 386 g/mol. The second-order valence-corrected chi connectivity index (χ2v) is 7.43. The van der Waals surface area contributed by atoms with Crippen molar-refractivity contribution in [2.45, 2.75) is 18.9 Å². The molecular formula is C20H19ClN2O2S. The molecule has 134 valence electrons. The van der Waals surface area contributed by atoms with E-state index in [4.69, 9.17) is 26.1 Å². The van der Waals surface area contributed by atoms with Crippen LogP contribution in [0.1, 0.15) is 18.9 Å². The lowest BCUT2D eigenvalue weighted by atomic mass is 10.1. The molecule has 6 heteroatoms. The van der Waals surface area contributed by atoms with Crippen LogP contribution in [0.2, 0.25) is 5.02 Å². The molecule has 0 unspecified atom stereocenters. The number of methoxy groups -OCH3 is 2. The SMILES string of the molecule is COc1ccc(OC)c(-c2csc(=Nc3ccc(Cl)cc3)n2C2CC2)c1. The maximum atomic E-state index is 5.98. The summed E-state index contributed by atoms with van der Waals surface area (Å²) in [5, 5.41) is 2.86. The van der Waals surface area contributed by atoms with Crippen molar-refractivity contribution in [1.82, 2.24) is 4.57 Å². The van der Waals surface area contributed by atoms with E-state index in [0.29, 0.717) is 11.1 Å². The zero-order chi connectivity index (χ0) is 18.1. The molecule has 0 N–H and O–H groups in total. The van der Waals surface area contributed by atoms with E-state index >= 15 is 0 Å². The van der Waals surface area contributed by atoms with E-state index in [0.717, 1.165) is 33.2 Å². The molecule has 0 saturated heterocycles. The summed E-state index contributed by atoms with van der Waals surface area (Å²) in [5.41, 5.74) is 3.03. The van der Waals surface area contributed by atoms with Gasteiger partial charge in [0.2, 0.25) is 0 Å². The number of halogens is 1. The molecule has 1 aromatic heterocycles. The molecular weight excluding hydrogens is 368 g/mol. The Morgan fingerprint density at radius 2 is 1.85 bits per heavy atom. The van der Waals surface area contributed by atoms with E-state index < -0.39 is 0 Å². The summed E-state index contributed by atoms with van der Waals surface area (Å²) in [6.45, 7) is 0. The van der Waals surface area contributed by atoms with Crippen LogP contribution in [-0.4, -0.2) is 18.8 Å². The number of benzene rings is 2. The van der Waals surface area contributed by atoms with E-state index in [1.807, 2.05) is 42.5 Å². The molecule has 0 radical (unpaired) electrons. The van der Waals surface area contributed by atoms with Gasteiger partial charge in [-0.1, -0.05) is 11.6 Å². The first kappa shape index (κ1) is 17.2. The van der Waals surface area contributed by atoms with Gasteiger partial charge in [-0.3, -0.25) is 0 Å². The molecule has 0 amide bonds. The van der Waals surface area contributed by atoms with E-state index in [-0.39, 0.29) is 0 Å². The number of ether oxygens (including phenoxy) is 2. The lowest BCUT2D eigenvalue weighted by Gasteiger charge is -2.13. The average molecular weight is 387 g/mol. The third-order valence-electron chi connectivity index (χ3n) is 4.39. The molecule has 1 heterocycles. The number of nitrogens with zero attached hydrogens (tertiary/aromatic N) is 2. The number of thiazole rings is 1. The summed E-state index contributed by atoms with van der Waals surface area (Å²) in [5.74, 6) is 1.64. The lowest BCUT2D eigenvalue weighted by molar-refractivity contribution is 0.404. The fraction of sp³-hybridized carbons (Fsp3) is 0.250. The first-order valence-electron chi connectivity index (χ1n) is 8.42. The third-order valence-corrected chi connectivity index (χ3v) is 5.48. The molecule has 4 rings (SSSR count). The lowest BCUT2D eigenvalue weighted by Crippen LogP contribution is -2.14. The summed E-state index contributed by atoms with van der Waals surface area (Å²) < 4.78 is 13.3. The molecule has 26 heavy (non-hydrogen) atoms. The predicted octanol–water partition coefficient (Wildman–Crippen LogP) is 5.45. The Morgan fingerprint density at radius 1 is 1.08 bits per heavy atom. The highest BCUT2D eigenvalue weighted by molar-refractivity contribution is 7.07. The first-order valence-corrected chi connectivity index (χ1v) is 9.68. The van der Waals surface area contributed by atoms with Gasteiger partial charge in [-0.2, -0.15) is 0 Å². The zero-order valence-corrected chi connectivity index (χ0v) is 16.2. The number of hydrogen-bond donors (Lipinski definition) is 0. The fourth-order valence-electron chi connectivity index (χ4n) is 2.92. The third kappa shape index (κ3) is 3.37. The molecule has 0 atom stereocenters. The van der Waals surface area contributed by atoms with Gasteiger partial charge in [0.1, 0.15) is 11.5 Å². The summed E-state index contributed by atoms with van der Waals surface area (Å²) in [6.07, 6.45) is 2.34. The van der Waals surface area contributed by atoms with Crippen molar-refractivity contribution < 1.29 is 9.47 Å². The standard InChI is InChI=1S/C20H19ClN2O2S/c1-24-16-9-10-19(25-2)17(11-16)18-12-26-20(23(18)15-7-8-15)22-14-5-3-13(21)4-6-14/h3-6,9-12,15H,7-8H2,1-2H3. The van der Waals surface area contributed by atoms with Crippen LogP contribution in [0.5, 0.6) is 11.5 Å². The summed E-state index contributed by atoms with van der Waals surface area (Å²) in [4.78, 5) is 5.82. The van der Waals surface area contributed by atoms with Crippen LogP contribution in [0, 0.1) is 0 Å². The van der Waals surface area contributed by atoms with Gasteiger partial charge in [-0.25, -0.2) is 4.99 Å². The van der Waals surface area contributed by atoms with Crippen molar-refractivity contribution in [3.8, 4) is 22.8 Å². The Hall–Kier alpha value is -2.24. The molecule has 1 fully saturated rings. The highest BCUT2D eigenvalue weighted by Gasteiger charge is 2.28. The highest BCUT2D eigenvalue weighted by Crippen LogP contribution is 2.41.